The zero-order valence-corrected chi connectivity index (χ0v) is 7.20. The van der Waals surface area contributed by atoms with Gasteiger partial charge in [0, 0.05) is 7.11 Å². The van der Waals surface area contributed by atoms with Crippen molar-refractivity contribution in [2.75, 3.05) is 13.7 Å². The first kappa shape index (κ1) is 10.8. The molecule has 78 valence electrons. The molecule has 0 radical (unpaired) electrons. The first-order valence-electron chi connectivity index (χ1n) is 3.95. The molecule has 1 heterocycles. The van der Waals surface area contributed by atoms with Gasteiger partial charge < -0.3 is 29.9 Å². The van der Waals surface area contributed by atoms with Crippen LogP contribution in [0.15, 0.2) is 0 Å². The van der Waals surface area contributed by atoms with E-state index in [1.54, 1.807) is 0 Å². The maximum absolute atomic E-state index is 9.38. The number of hydrogen-bond acceptors (Lipinski definition) is 6. The Morgan fingerprint density at radius 1 is 1.23 bits per heavy atom. The molecule has 1 saturated heterocycles. The molecule has 0 aromatic carbocycles. The summed E-state index contributed by atoms with van der Waals surface area (Å²) < 4.78 is 9.61. The molecule has 1 aliphatic heterocycles. The van der Waals surface area contributed by atoms with Crippen LogP contribution in [0.2, 0.25) is 0 Å². The van der Waals surface area contributed by atoms with Gasteiger partial charge in [0.1, 0.15) is 24.4 Å². The average Bonchev–Trinajstić information content (AvgIpc) is 2.13. The van der Waals surface area contributed by atoms with Crippen molar-refractivity contribution in [3.63, 3.8) is 0 Å². The summed E-state index contributed by atoms with van der Waals surface area (Å²) in [4.78, 5) is 0. The Balaban J connectivity index is 2.69. The summed E-state index contributed by atoms with van der Waals surface area (Å²) in [6.45, 7) is -0.390. The van der Waals surface area contributed by atoms with Crippen LogP contribution >= 0.6 is 0 Å². The molecule has 1 aliphatic rings. The van der Waals surface area contributed by atoms with Crippen LogP contribution in [0.3, 0.4) is 0 Å². The molecule has 0 spiro atoms. The van der Waals surface area contributed by atoms with Crippen LogP contribution in [0.1, 0.15) is 0 Å². The molecule has 1 fully saturated rings. The molecular formula is C7H14O6. The Morgan fingerprint density at radius 2 is 1.85 bits per heavy atom. The Hall–Kier alpha value is -0.240. The molecule has 0 aromatic rings. The highest BCUT2D eigenvalue weighted by Crippen LogP contribution is 2.21. The van der Waals surface area contributed by atoms with Crippen LogP contribution in [-0.4, -0.2) is 64.8 Å². The predicted molar refractivity (Wildman–Crippen MR) is 40.8 cm³/mol. The fourth-order valence-corrected chi connectivity index (χ4v) is 1.36. The largest absolute Gasteiger partial charge is 0.394 e. The van der Waals surface area contributed by atoms with E-state index in [4.69, 9.17) is 19.7 Å². The van der Waals surface area contributed by atoms with Gasteiger partial charge >= 0.3 is 0 Å². The van der Waals surface area contributed by atoms with Gasteiger partial charge in [-0.25, -0.2) is 0 Å². The molecule has 6 nitrogen and oxygen atoms in total. The second kappa shape index (κ2) is 4.32. The predicted octanol–water partition coefficient (Wildman–Crippen LogP) is -2.57. The van der Waals surface area contributed by atoms with Gasteiger partial charge in [-0.2, -0.15) is 0 Å². The van der Waals surface area contributed by atoms with Gasteiger partial charge in [-0.15, -0.1) is 0 Å². The molecule has 4 N–H and O–H groups in total. The number of methoxy groups -OCH3 is 1. The molecule has 0 saturated carbocycles. The molecule has 0 aromatic heterocycles. The lowest BCUT2D eigenvalue weighted by atomic mass is 9.99. The molecule has 1 rings (SSSR count). The summed E-state index contributed by atoms with van der Waals surface area (Å²) >= 11 is 0. The van der Waals surface area contributed by atoms with Crippen LogP contribution in [0.25, 0.3) is 0 Å². The van der Waals surface area contributed by atoms with Crippen LogP contribution in [0.4, 0.5) is 0 Å². The van der Waals surface area contributed by atoms with E-state index in [2.05, 4.69) is 0 Å². The van der Waals surface area contributed by atoms with Crippen molar-refractivity contribution in [2.24, 2.45) is 0 Å². The fraction of sp³-hybridized carbons (Fsp3) is 1.00. The second-order valence-electron chi connectivity index (χ2n) is 2.93. The first-order valence-corrected chi connectivity index (χ1v) is 3.95. The fourth-order valence-electron chi connectivity index (χ4n) is 1.36. The van der Waals surface area contributed by atoms with Gasteiger partial charge in [0.2, 0.25) is 0 Å². The number of rotatable bonds is 2. The Kier molecular flexibility index (Phi) is 3.60. The third-order valence-electron chi connectivity index (χ3n) is 2.11. The molecule has 0 bridgehead atoms. The van der Waals surface area contributed by atoms with E-state index in [1.165, 1.54) is 7.11 Å². The van der Waals surface area contributed by atoms with Gasteiger partial charge in [-0.05, 0) is 0 Å². The summed E-state index contributed by atoms with van der Waals surface area (Å²) in [7, 11) is 1.32. The topological polar surface area (TPSA) is 99.4 Å². The van der Waals surface area contributed by atoms with Crippen molar-refractivity contribution in [3.8, 4) is 0 Å². The first-order chi connectivity index (χ1) is 6.11. The minimum atomic E-state index is -1.49. The smallest absolute Gasteiger partial charge is 0.184 e. The van der Waals surface area contributed by atoms with Crippen molar-refractivity contribution in [1.82, 2.24) is 0 Å². The van der Waals surface area contributed by atoms with Crippen molar-refractivity contribution in [3.05, 3.63) is 0 Å². The van der Waals surface area contributed by atoms with E-state index < -0.39 is 30.7 Å². The number of aliphatic hydroxyl groups excluding tert-OH is 4. The highest BCUT2D eigenvalue weighted by Gasteiger charge is 2.43. The van der Waals surface area contributed by atoms with E-state index in [1.807, 2.05) is 0 Å². The van der Waals surface area contributed by atoms with Crippen LogP contribution in [0.5, 0.6) is 0 Å². The lowest BCUT2D eigenvalue weighted by molar-refractivity contribution is -0.290. The summed E-state index contributed by atoms with van der Waals surface area (Å²) in [5, 5.41) is 36.4. The van der Waals surface area contributed by atoms with Crippen LogP contribution in [0, 0.1) is 0 Å². The highest BCUT2D eigenvalue weighted by molar-refractivity contribution is 4.89. The quantitative estimate of drug-likeness (QED) is 0.386. The number of hydrogen-bond donors (Lipinski definition) is 4. The zero-order valence-electron chi connectivity index (χ0n) is 7.20. The Morgan fingerprint density at radius 3 is 2.31 bits per heavy atom. The molecule has 13 heavy (non-hydrogen) atoms. The third kappa shape index (κ3) is 1.98. The van der Waals surface area contributed by atoms with E-state index >= 15 is 0 Å². The lowest BCUT2D eigenvalue weighted by Gasteiger charge is -2.39. The maximum atomic E-state index is 9.38. The zero-order chi connectivity index (χ0) is 10.0. The molecule has 5 unspecified atom stereocenters. The van der Waals surface area contributed by atoms with E-state index in [-0.39, 0.29) is 6.61 Å². The van der Waals surface area contributed by atoms with Gasteiger partial charge in [-0.1, -0.05) is 0 Å². The summed E-state index contributed by atoms with van der Waals surface area (Å²) in [6, 6.07) is 0. The van der Waals surface area contributed by atoms with Crippen molar-refractivity contribution in [2.45, 2.75) is 30.7 Å². The molecule has 0 aliphatic carbocycles. The minimum absolute atomic E-state index is 0.390. The van der Waals surface area contributed by atoms with E-state index in [9.17, 15) is 10.2 Å². The van der Waals surface area contributed by atoms with Crippen LogP contribution in [-0.2, 0) is 9.47 Å². The number of ether oxygens (including phenoxy) is 2. The van der Waals surface area contributed by atoms with Crippen molar-refractivity contribution < 1.29 is 29.9 Å². The molecule has 5 atom stereocenters. The summed E-state index contributed by atoms with van der Waals surface area (Å²) in [6.07, 6.45) is -5.81. The van der Waals surface area contributed by atoms with E-state index in [0.29, 0.717) is 0 Å². The van der Waals surface area contributed by atoms with Crippen molar-refractivity contribution >= 4 is 0 Å². The van der Waals surface area contributed by atoms with E-state index in [0.717, 1.165) is 0 Å². The average molecular weight is 194 g/mol. The normalized spacial score (nSPS) is 46.4. The third-order valence-corrected chi connectivity index (χ3v) is 2.11. The highest BCUT2D eigenvalue weighted by atomic mass is 16.6. The lowest BCUT2D eigenvalue weighted by Crippen LogP contribution is -2.59. The molecule has 6 heteroatoms. The minimum Gasteiger partial charge on any atom is -0.394 e. The standard InChI is InChI=1S/C7H14O6/c1-12-6-3(2-8)13-7(11)5(10)4(6)9/h3-11H,2H2,1H3. The SMILES string of the molecule is COC1C(CO)OC(O)C(O)C1O. The Labute approximate surface area is 75.3 Å². The van der Waals surface area contributed by atoms with Crippen molar-refractivity contribution in [1.29, 1.82) is 0 Å². The van der Waals surface area contributed by atoms with Gasteiger partial charge in [0.15, 0.2) is 6.29 Å². The second-order valence-corrected chi connectivity index (χ2v) is 2.93. The molecular weight excluding hydrogens is 180 g/mol. The van der Waals surface area contributed by atoms with Gasteiger partial charge in [0.05, 0.1) is 6.61 Å². The van der Waals surface area contributed by atoms with Gasteiger partial charge in [-0.3, -0.25) is 0 Å². The monoisotopic (exact) mass is 194 g/mol. The van der Waals surface area contributed by atoms with Gasteiger partial charge in [0.25, 0.3) is 0 Å². The molecule has 0 amide bonds. The summed E-state index contributed by atoms with van der Waals surface area (Å²) in [5.74, 6) is 0. The number of aliphatic hydroxyl groups is 4. The summed E-state index contributed by atoms with van der Waals surface area (Å²) in [5.41, 5.74) is 0. The van der Waals surface area contributed by atoms with Crippen LogP contribution < -0.4 is 0 Å². The Bertz CT molecular complexity index is 161. The maximum Gasteiger partial charge on any atom is 0.184 e.